The van der Waals surface area contributed by atoms with Gasteiger partial charge < -0.3 is 31.9 Å². The third-order valence-electron chi connectivity index (χ3n) is 5.89. The summed E-state index contributed by atoms with van der Waals surface area (Å²) in [4.78, 5) is 46.5. The number of carboxylic acids is 2. The summed E-state index contributed by atoms with van der Waals surface area (Å²) < 4.78 is 31.7. The van der Waals surface area contributed by atoms with Crippen LogP contribution in [0.5, 0.6) is 0 Å². The predicted molar refractivity (Wildman–Crippen MR) is 148 cm³/mol. The van der Waals surface area contributed by atoms with Crippen LogP contribution in [0.1, 0.15) is 40.7 Å². The first kappa shape index (κ1) is 32.6. The van der Waals surface area contributed by atoms with Gasteiger partial charge in [0.15, 0.2) is 0 Å². The van der Waals surface area contributed by atoms with E-state index < -0.39 is 36.1 Å². The van der Waals surface area contributed by atoms with Gasteiger partial charge in [-0.15, -0.1) is 0 Å². The zero-order valence-corrected chi connectivity index (χ0v) is 22.3. The van der Waals surface area contributed by atoms with Crippen molar-refractivity contribution >= 4 is 46.0 Å². The number of halogens is 3. The van der Waals surface area contributed by atoms with Crippen LogP contribution in [0.15, 0.2) is 54.6 Å². The molecule has 10 nitrogen and oxygen atoms in total. The Bertz CT molecular complexity index is 1390. The summed E-state index contributed by atoms with van der Waals surface area (Å²) in [5.74, 6) is -4.45. The molecule has 3 aromatic rings. The molecule has 0 bridgehead atoms. The number of hydrogen-bond acceptors (Lipinski definition) is 5. The molecule has 0 spiro atoms. The van der Waals surface area contributed by atoms with Crippen molar-refractivity contribution in [3.63, 3.8) is 0 Å². The molecule has 0 heterocycles. The largest absolute Gasteiger partial charge is 0.490 e. The lowest BCUT2D eigenvalue weighted by Crippen LogP contribution is -2.41. The number of carbonyl (C=O) groups excluding carboxylic acids is 2. The predicted octanol–water partition coefficient (Wildman–Crippen LogP) is 5.05. The molecule has 0 aliphatic carbocycles. The minimum absolute atomic E-state index is 0.181. The number of hydrogen-bond donors (Lipinski definition) is 6. The number of anilines is 2. The molecule has 1 atom stereocenters. The molecular weight excluding hydrogens is 545 g/mol. The Labute approximate surface area is 233 Å². The van der Waals surface area contributed by atoms with Crippen molar-refractivity contribution in [2.75, 3.05) is 17.2 Å². The van der Waals surface area contributed by atoms with E-state index in [9.17, 15) is 32.7 Å². The third-order valence-corrected chi connectivity index (χ3v) is 5.89. The maximum atomic E-state index is 13.1. The second-order valence-electron chi connectivity index (χ2n) is 9.04. The highest BCUT2D eigenvalue weighted by molar-refractivity contribution is 6.10. The first-order chi connectivity index (χ1) is 19.2. The molecule has 3 amide bonds. The SMILES string of the molecule is Cc1cccc(C)c1NC(=O)Nc1cc2ccccc2cc1C(=O)N[C@@H](CCCCN)C(=O)O.O=C(O)C(F)(F)F. The Morgan fingerprint density at radius 2 is 1.44 bits per heavy atom. The van der Waals surface area contributed by atoms with Crippen molar-refractivity contribution in [1.82, 2.24) is 5.32 Å². The van der Waals surface area contributed by atoms with Gasteiger partial charge in [-0.3, -0.25) is 4.79 Å². The van der Waals surface area contributed by atoms with E-state index in [4.69, 9.17) is 15.6 Å². The van der Waals surface area contributed by atoms with Gasteiger partial charge in [0.25, 0.3) is 5.91 Å². The fraction of sp³-hybridized carbons (Fsp3) is 0.286. The molecule has 7 N–H and O–H groups in total. The number of unbranched alkanes of at least 4 members (excludes halogenated alkanes) is 1. The van der Waals surface area contributed by atoms with Crippen molar-refractivity contribution in [3.8, 4) is 0 Å². The Morgan fingerprint density at radius 3 is 1.95 bits per heavy atom. The quantitative estimate of drug-likeness (QED) is 0.194. The van der Waals surface area contributed by atoms with Crippen LogP contribution in [0.3, 0.4) is 0 Å². The van der Waals surface area contributed by atoms with Crippen LogP contribution in [0.2, 0.25) is 0 Å². The van der Waals surface area contributed by atoms with Crippen LogP contribution in [0, 0.1) is 13.8 Å². The number of benzene rings is 3. The molecule has 0 aliphatic heterocycles. The molecule has 3 rings (SSSR count). The van der Waals surface area contributed by atoms with Crippen molar-refractivity contribution in [1.29, 1.82) is 0 Å². The van der Waals surface area contributed by atoms with E-state index >= 15 is 0 Å². The number of carboxylic acid groups (broad SMARTS) is 2. The highest BCUT2D eigenvalue weighted by Crippen LogP contribution is 2.26. The normalized spacial score (nSPS) is 11.6. The molecule has 41 heavy (non-hydrogen) atoms. The number of para-hydroxylation sites is 1. The van der Waals surface area contributed by atoms with Gasteiger partial charge in [-0.1, -0.05) is 42.5 Å². The van der Waals surface area contributed by atoms with Gasteiger partial charge in [0.05, 0.1) is 11.3 Å². The average Bonchev–Trinajstić information content (AvgIpc) is 2.89. The lowest BCUT2D eigenvalue weighted by molar-refractivity contribution is -0.192. The lowest BCUT2D eigenvalue weighted by Gasteiger charge is -2.18. The molecule has 0 aromatic heterocycles. The summed E-state index contributed by atoms with van der Waals surface area (Å²) in [6, 6.07) is 14.9. The minimum Gasteiger partial charge on any atom is -0.480 e. The van der Waals surface area contributed by atoms with Crippen LogP contribution in [-0.2, 0) is 9.59 Å². The van der Waals surface area contributed by atoms with Gasteiger partial charge in [0.1, 0.15) is 6.04 Å². The molecule has 3 aromatic carbocycles. The standard InChI is InChI=1S/C26H30N4O4.C2HF3O2/c1-16-8-7-9-17(2)23(16)30-26(34)29-22-15-19-11-4-3-10-18(19)14-20(22)24(31)28-21(25(32)33)12-5-6-13-27;3-2(4,5)1(6)7/h3-4,7-11,14-15,21H,5-6,12-13,27H2,1-2H3,(H,28,31)(H,32,33)(H2,29,30,34);(H,6,7)/t21-;/m0./s1. The number of fused-ring (bicyclic) bond motifs is 1. The van der Waals surface area contributed by atoms with Crippen molar-refractivity contribution in [3.05, 3.63) is 71.3 Å². The number of alkyl halides is 3. The lowest BCUT2D eigenvalue weighted by atomic mass is 10.0. The number of aliphatic carboxylic acids is 2. The van der Waals surface area contributed by atoms with Gasteiger partial charge in [0.2, 0.25) is 0 Å². The van der Waals surface area contributed by atoms with Crippen LogP contribution in [0.4, 0.5) is 29.3 Å². The van der Waals surface area contributed by atoms with Gasteiger partial charge in [0, 0.05) is 5.69 Å². The highest BCUT2D eigenvalue weighted by Gasteiger charge is 2.38. The summed E-state index contributed by atoms with van der Waals surface area (Å²) in [7, 11) is 0. The molecule has 0 aliphatic rings. The number of amides is 3. The molecule has 0 saturated carbocycles. The van der Waals surface area contributed by atoms with Crippen molar-refractivity contribution in [2.45, 2.75) is 45.3 Å². The average molecular weight is 577 g/mol. The minimum atomic E-state index is -5.08. The van der Waals surface area contributed by atoms with E-state index in [0.717, 1.165) is 21.9 Å². The van der Waals surface area contributed by atoms with Crippen molar-refractivity contribution < 1.29 is 42.6 Å². The number of nitrogens with one attached hydrogen (secondary N) is 3. The fourth-order valence-electron chi connectivity index (χ4n) is 3.80. The second kappa shape index (κ2) is 14.7. The van der Waals surface area contributed by atoms with E-state index in [1.165, 1.54) is 0 Å². The number of aryl methyl sites for hydroxylation is 2. The summed E-state index contributed by atoms with van der Waals surface area (Å²) in [6.45, 7) is 4.25. The van der Waals surface area contributed by atoms with Crippen LogP contribution in [0.25, 0.3) is 10.8 Å². The number of rotatable bonds is 9. The molecular formula is C28H31F3N4O6. The number of nitrogens with two attached hydrogens (primary N) is 1. The smallest absolute Gasteiger partial charge is 0.480 e. The summed E-state index contributed by atoms with van der Waals surface area (Å²) in [5, 5.41) is 26.5. The zero-order valence-electron chi connectivity index (χ0n) is 22.3. The first-order valence-electron chi connectivity index (χ1n) is 12.5. The Hall–Kier alpha value is -4.65. The van der Waals surface area contributed by atoms with Crippen molar-refractivity contribution in [2.24, 2.45) is 5.73 Å². The summed E-state index contributed by atoms with van der Waals surface area (Å²) >= 11 is 0. The Kier molecular flexibility index (Phi) is 11.6. The van der Waals surface area contributed by atoms with Gasteiger partial charge in [-0.25, -0.2) is 14.4 Å². The third kappa shape index (κ3) is 9.80. The molecule has 220 valence electrons. The highest BCUT2D eigenvalue weighted by atomic mass is 19.4. The molecule has 0 unspecified atom stereocenters. The molecule has 0 fully saturated rings. The Morgan fingerprint density at radius 1 is 0.878 bits per heavy atom. The van der Waals surface area contributed by atoms with Gasteiger partial charge >= 0.3 is 24.1 Å². The molecule has 0 saturated heterocycles. The fourth-order valence-corrected chi connectivity index (χ4v) is 3.80. The maximum Gasteiger partial charge on any atom is 0.490 e. The van der Waals surface area contributed by atoms with Gasteiger partial charge in [-0.2, -0.15) is 13.2 Å². The van der Waals surface area contributed by atoms with E-state index in [2.05, 4.69) is 16.0 Å². The zero-order chi connectivity index (χ0) is 30.7. The Balaban J connectivity index is 0.000000745. The molecule has 13 heteroatoms. The van der Waals surface area contributed by atoms with Gasteiger partial charge in [-0.05, 0) is 73.7 Å². The second-order valence-corrected chi connectivity index (χ2v) is 9.04. The number of carbonyl (C=O) groups is 4. The van der Waals surface area contributed by atoms with Crippen LogP contribution < -0.4 is 21.7 Å². The monoisotopic (exact) mass is 576 g/mol. The van der Waals surface area contributed by atoms with E-state index in [1.54, 1.807) is 12.1 Å². The molecule has 0 radical (unpaired) electrons. The van der Waals surface area contributed by atoms with Crippen LogP contribution >= 0.6 is 0 Å². The summed E-state index contributed by atoms with van der Waals surface area (Å²) in [5.41, 5.74) is 8.47. The van der Waals surface area contributed by atoms with Crippen LogP contribution in [-0.4, -0.2) is 52.9 Å². The maximum absolute atomic E-state index is 13.1. The summed E-state index contributed by atoms with van der Waals surface area (Å²) in [6.07, 6.45) is -3.57. The van der Waals surface area contributed by atoms with E-state index in [1.807, 2.05) is 56.3 Å². The topological polar surface area (TPSA) is 171 Å². The number of urea groups is 1. The first-order valence-corrected chi connectivity index (χ1v) is 12.5. The van der Waals surface area contributed by atoms with E-state index in [0.29, 0.717) is 25.1 Å². The van der Waals surface area contributed by atoms with E-state index in [-0.39, 0.29) is 17.7 Å².